The van der Waals surface area contributed by atoms with Gasteiger partial charge in [-0.2, -0.15) is 0 Å². The van der Waals surface area contributed by atoms with Crippen LogP contribution in [0, 0.1) is 0 Å². The van der Waals surface area contributed by atoms with Crippen molar-refractivity contribution >= 4 is 29.0 Å². The van der Waals surface area contributed by atoms with Gasteiger partial charge in [-0.15, -0.1) is 23.1 Å². The van der Waals surface area contributed by atoms with Crippen molar-refractivity contribution in [1.29, 1.82) is 0 Å². The number of amides is 1. The average Bonchev–Trinajstić information content (AvgIpc) is 2.68. The minimum Gasteiger partial charge on any atom is -0.368 e. The number of carbonyl (C=O) groups excluding carboxylic acids is 1. The second-order valence-electron chi connectivity index (χ2n) is 5.06. The van der Waals surface area contributed by atoms with Crippen molar-refractivity contribution in [3.63, 3.8) is 0 Å². The number of rotatable bonds is 7. The van der Waals surface area contributed by atoms with E-state index >= 15 is 0 Å². The summed E-state index contributed by atoms with van der Waals surface area (Å²) in [6, 6.07) is 4.38. The van der Waals surface area contributed by atoms with Crippen LogP contribution in [0.3, 0.4) is 0 Å². The van der Waals surface area contributed by atoms with E-state index in [9.17, 15) is 4.79 Å². The molecule has 0 saturated heterocycles. The molecule has 102 valence electrons. The number of thioether (sulfide) groups is 1. The van der Waals surface area contributed by atoms with Gasteiger partial charge in [0.15, 0.2) is 0 Å². The molecule has 3 nitrogen and oxygen atoms in total. The van der Waals surface area contributed by atoms with Gasteiger partial charge >= 0.3 is 0 Å². The fraction of sp³-hybridized carbons (Fsp3) is 0.615. The van der Waals surface area contributed by atoms with Gasteiger partial charge in [0.25, 0.3) is 0 Å². The van der Waals surface area contributed by atoms with E-state index in [2.05, 4.69) is 23.7 Å². The molecule has 1 aromatic heterocycles. The SMILES string of the molecule is CC(C)NC(C)(CC(C)Sc1cccs1)C(N)=O. The lowest BCUT2D eigenvalue weighted by atomic mass is 9.94. The highest BCUT2D eigenvalue weighted by molar-refractivity contribution is 8.01. The summed E-state index contributed by atoms with van der Waals surface area (Å²) in [6.07, 6.45) is 0.725. The number of nitrogens with two attached hydrogens (primary N) is 1. The van der Waals surface area contributed by atoms with Gasteiger partial charge in [-0.1, -0.05) is 13.0 Å². The topological polar surface area (TPSA) is 55.1 Å². The molecule has 2 unspecified atom stereocenters. The molecule has 18 heavy (non-hydrogen) atoms. The quantitative estimate of drug-likeness (QED) is 0.758. The van der Waals surface area contributed by atoms with E-state index in [4.69, 9.17) is 5.73 Å². The van der Waals surface area contributed by atoms with Crippen LogP contribution in [-0.4, -0.2) is 22.7 Å². The van der Waals surface area contributed by atoms with Crippen LogP contribution in [0.2, 0.25) is 0 Å². The Morgan fingerprint density at radius 3 is 2.67 bits per heavy atom. The van der Waals surface area contributed by atoms with E-state index in [1.807, 2.05) is 26.8 Å². The average molecular weight is 286 g/mol. The van der Waals surface area contributed by atoms with Gasteiger partial charge in [0, 0.05) is 11.3 Å². The highest BCUT2D eigenvalue weighted by atomic mass is 32.2. The van der Waals surface area contributed by atoms with Crippen LogP contribution < -0.4 is 11.1 Å². The van der Waals surface area contributed by atoms with Gasteiger partial charge in [-0.3, -0.25) is 4.79 Å². The molecular weight excluding hydrogens is 264 g/mol. The zero-order chi connectivity index (χ0) is 13.8. The minimum atomic E-state index is -0.641. The van der Waals surface area contributed by atoms with Crippen LogP contribution in [0.4, 0.5) is 0 Å². The fourth-order valence-electron chi connectivity index (χ4n) is 2.01. The Morgan fingerprint density at radius 2 is 2.22 bits per heavy atom. The van der Waals surface area contributed by atoms with Gasteiger partial charge in [-0.25, -0.2) is 0 Å². The number of primary amides is 1. The third-order valence-corrected chi connectivity index (χ3v) is 4.84. The summed E-state index contributed by atoms with van der Waals surface area (Å²) in [4.78, 5) is 11.6. The lowest BCUT2D eigenvalue weighted by Gasteiger charge is -2.32. The van der Waals surface area contributed by atoms with Crippen molar-refractivity contribution in [1.82, 2.24) is 5.32 Å². The first-order chi connectivity index (χ1) is 8.33. The molecule has 3 N–H and O–H groups in total. The van der Waals surface area contributed by atoms with E-state index in [0.29, 0.717) is 5.25 Å². The molecule has 1 aromatic rings. The largest absolute Gasteiger partial charge is 0.368 e. The zero-order valence-corrected chi connectivity index (χ0v) is 13.0. The van der Waals surface area contributed by atoms with Crippen LogP contribution >= 0.6 is 23.1 Å². The highest BCUT2D eigenvalue weighted by Crippen LogP contribution is 2.31. The van der Waals surface area contributed by atoms with Crippen molar-refractivity contribution in [2.24, 2.45) is 5.73 Å². The third kappa shape index (κ3) is 4.63. The van der Waals surface area contributed by atoms with Gasteiger partial charge in [0.05, 0.1) is 9.75 Å². The van der Waals surface area contributed by atoms with E-state index in [-0.39, 0.29) is 11.9 Å². The maximum atomic E-state index is 11.6. The Kier molecular flexibility index (Phi) is 5.69. The monoisotopic (exact) mass is 286 g/mol. The van der Waals surface area contributed by atoms with Gasteiger partial charge < -0.3 is 11.1 Å². The van der Waals surface area contributed by atoms with E-state index < -0.39 is 5.54 Å². The number of thiophene rings is 1. The summed E-state index contributed by atoms with van der Waals surface area (Å²) in [5.74, 6) is -0.283. The molecular formula is C13H22N2OS2. The van der Waals surface area contributed by atoms with Crippen molar-refractivity contribution < 1.29 is 4.79 Å². The molecule has 2 atom stereocenters. The van der Waals surface area contributed by atoms with Gasteiger partial charge in [0.1, 0.15) is 0 Å². The molecule has 1 rings (SSSR count). The molecule has 0 aliphatic heterocycles. The molecule has 5 heteroatoms. The van der Waals surface area contributed by atoms with Crippen LogP contribution in [0.15, 0.2) is 21.7 Å². The standard InChI is InChI=1S/C13H22N2OS2/c1-9(2)15-13(4,12(14)16)8-10(3)18-11-6-5-7-17-11/h5-7,9-10,15H,8H2,1-4H3,(H2,14,16). The lowest BCUT2D eigenvalue weighted by molar-refractivity contribution is -0.124. The van der Waals surface area contributed by atoms with Crippen molar-refractivity contribution in [2.45, 2.75) is 55.2 Å². The second kappa shape index (κ2) is 6.59. The van der Waals surface area contributed by atoms with E-state index in [1.54, 1.807) is 23.1 Å². The molecule has 0 aliphatic carbocycles. The fourth-order valence-corrected chi connectivity index (χ4v) is 4.31. The first-order valence-corrected chi connectivity index (χ1v) is 7.87. The summed E-state index contributed by atoms with van der Waals surface area (Å²) in [6.45, 7) is 8.07. The smallest absolute Gasteiger partial charge is 0.237 e. The Labute approximate surface area is 118 Å². The van der Waals surface area contributed by atoms with Crippen molar-refractivity contribution in [2.75, 3.05) is 0 Å². The molecule has 0 spiro atoms. The molecule has 0 fully saturated rings. The number of hydrogen-bond acceptors (Lipinski definition) is 4. The molecule has 0 saturated carbocycles. The predicted octanol–water partition coefficient (Wildman–Crippen LogP) is 2.86. The van der Waals surface area contributed by atoms with Gasteiger partial charge in [0.2, 0.25) is 5.91 Å². The summed E-state index contributed by atoms with van der Waals surface area (Å²) < 4.78 is 1.28. The number of nitrogens with one attached hydrogen (secondary N) is 1. The summed E-state index contributed by atoms with van der Waals surface area (Å²) in [5.41, 5.74) is 4.89. The first kappa shape index (κ1) is 15.5. The maximum Gasteiger partial charge on any atom is 0.237 e. The third-order valence-electron chi connectivity index (χ3n) is 2.66. The number of hydrogen-bond donors (Lipinski definition) is 2. The second-order valence-corrected chi connectivity index (χ2v) is 7.75. The Bertz CT molecular complexity index is 378. The molecule has 1 heterocycles. The van der Waals surface area contributed by atoms with Crippen LogP contribution in [-0.2, 0) is 4.79 Å². The molecule has 0 aromatic carbocycles. The van der Waals surface area contributed by atoms with Crippen LogP contribution in [0.5, 0.6) is 0 Å². The maximum absolute atomic E-state index is 11.6. The van der Waals surface area contributed by atoms with Crippen LogP contribution in [0.1, 0.15) is 34.1 Å². The Hall–Kier alpha value is -0.520. The van der Waals surface area contributed by atoms with Crippen molar-refractivity contribution in [3.8, 4) is 0 Å². The molecule has 0 aliphatic rings. The lowest BCUT2D eigenvalue weighted by Crippen LogP contribution is -2.56. The minimum absolute atomic E-state index is 0.237. The summed E-state index contributed by atoms with van der Waals surface area (Å²) >= 11 is 3.52. The van der Waals surface area contributed by atoms with Crippen LogP contribution in [0.25, 0.3) is 0 Å². The van der Waals surface area contributed by atoms with E-state index in [0.717, 1.165) is 6.42 Å². The highest BCUT2D eigenvalue weighted by Gasteiger charge is 2.33. The van der Waals surface area contributed by atoms with Gasteiger partial charge in [-0.05, 0) is 38.6 Å². The van der Waals surface area contributed by atoms with Crippen molar-refractivity contribution in [3.05, 3.63) is 17.5 Å². The molecule has 1 amide bonds. The predicted molar refractivity (Wildman–Crippen MR) is 80.1 cm³/mol. The summed E-state index contributed by atoms with van der Waals surface area (Å²) in [5, 5.41) is 5.69. The zero-order valence-electron chi connectivity index (χ0n) is 11.4. The normalized spacial score (nSPS) is 16.5. The van der Waals surface area contributed by atoms with E-state index in [1.165, 1.54) is 4.21 Å². The Morgan fingerprint density at radius 1 is 1.56 bits per heavy atom. The Balaban J connectivity index is 2.63. The first-order valence-electron chi connectivity index (χ1n) is 6.11. The number of carbonyl (C=O) groups is 1. The summed E-state index contributed by atoms with van der Waals surface area (Å²) in [7, 11) is 0. The molecule has 0 bridgehead atoms. The molecule has 0 radical (unpaired) electrons.